The molecule has 5 heteroatoms. The molecule has 1 atom stereocenters. The predicted octanol–water partition coefficient (Wildman–Crippen LogP) is 3.51. The Balaban J connectivity index is 2.48. The fraction of sp³-hybridized carbons (Fsp3) is 0.462. The Kier molecular flexibility index (Phi) is 4.19. The van der Waals surface area contributed by atoms with E-state index in [1.165, 1.54) is 12.1 Å². The summed E-state index contributed by atoms with van der Waals surface area (Å²) in [5, 5.41) is 0. The molecular weight excluding hydrogens is 255 g/mol. The summed E-state index contributed by atoms with van der Waals surface area (Å²) in [5.74, 6) is 0.769. The summed E-state index contributed by atoms with van der Waals surface area (Å²) in [5.41, 5.74) is 1.52. The average molecular weight is 271 g/mol. The summed E-state index contributed by atoms with van der Waals surface area (Å²) in [6.07, 6.45) is 0. The highest BCUT2D eigenvalue weighted by Gasteiger charge is 2.15. The number of nitrogens with zero attached hydrogens (tertiary/aromatic N) is 2. The molecule has 0 radical (unpaired) electrons. The van der Waals surface area contributed by atoms with E-state index in [0.717, 1.165) is 16.9 Å². The third-order valence-electron chi connectivity index (χ3n) is 2.85. The molecule has 1 aromatic carbocycles. The monoisotopic (exact) mass is 270 g/mol. The van der Waals surface area contributed by atoms with Crippen LogP contribution in [0.25, 0.3) is 11.0 Å². The van der Waals surface area contributed by atoms with E-state index in [0.29, 0.717) is 19.1 Å². The highest BCUT2D eigenvalue weighted by atomic mass is 35.5. The van der Waals surface area contributed by atoms with Crippen molar-refractivity contribution in [2.45, 2.75) is 25.8 Å². The van der Waals surface area contributed by atoms with Gasteiger partial charge in [-0.25, -0.2) is 9.37 Å². The van der Waals surface area contributed by atoms with Gasteiger partial charge in [0.15, 0.2) is 0 Å². The van der Waals surface area contributed by atoms with Crippen molar-refractivity contribution < 1.29 is 9.13 Å². The number of aromatic nitrogens is 2. The minimum Gasteiger partial charge on any atom is -0.380 e. The molecule has 0 N–H and O–H groups in total. The quantitative estimate of drug-likeness (QED) is 0.778. The lowest BCUT2D eigenvalue weighted by Crippen LogP contribution is -2.14. The van der Waals surface area contributed by atoms with Gasteiger partial charge in [0.2, 0.25) is 0 Å². The van der Waals surface area contributed by atoms with E-state index >= 15 is 0 Å². The summed E-state index contributed by atoms with van der Waals surface area (Å²) >= 11 is 5.90. The first kappa shape index (κ1) is 13.3. The smallest absolute Gasteiger partial charge is 0.125 e. The maximum absolute atomic E-state index is 13.3. The lowest BCUT2D eigenvalue weighted by molar-refractivity contribution is 0.119. The Hall–Kier alpha value is -1.13. The van der Waals surface area contributed by atoms with Gasteiger partial charge in [-0.2, -0.15) is 0 Å². The van der Waals surface area contributed by atoms with Gasteiger partial charge in [0, 0.05) is 6.61 Å². The van der Waals surface area contributed by atoms with Crippen LogP contribution in [0, 0.1) is 5.82 Å². The predicted molar refractivity (Wildman–Crippen MR) is 70.5 cm³/mol. The lowest BCUT2D eigenvalue weighted by atomic mass is 10.2. The molecule has 0 saturated heterocycles. The van der Waals surface area contributed by atoms with Crippen LogP contribution in [-0.2, 0) is 10.6 Å². The average Bonchev–Trinajstić information content (AvgIpc) is 2.73. The topological polar surface area (TPSA) is 27.1 Å². The second-order valence-corrected chi connectivity index (χ2v) is 4.44. The van der Waals surface area contributed by atoms with Crippen LogP contribution >= 0.6 is 11.6 Å². The number of hydrogen-bond acceptors (Lipinski definition) is 2. The van der Waals surface area contributed by atoms with Crippen molar-refractivity contribution >= 4 is 22.6 Å². The number of rotatable bonds is 5. The summed E-state index contributed by atoms with van der Waals surface area (Å²) in [4.78, 5) is 4.41. The number of imidazole rings is 1. The zero-order valence-electron chi connectivity index (χ0n) is 10.5. The van der Waals surface area contributed by atoms with Gasteiger partial charge in [-0.3, -0.25) is 0 Å². The van der Waals surface area contributed by atoms with Crippen molar-refractivity contribution in [3.05, 3.63) is 29.8 Å². The Morgan fingerprint density at radius 1 is 1.50 bits per heavy atom. The minimum absolute atomic E-state index is 0.0745. The molecule has 1 heterocycles. The molecular formula is C13H16ClFN2O. The molecule has 98 valence electrons. The molecule has 1 aromatic heterocycles. The molecule has 0 aliphatic carbocycles. The van der Waals surface area contributed by atoms with Crippen molar-refractivity contribution in [3.63, 3.8) is 0 Å². The van der Waals surface area contributed by atoms with Crippen LogP contribution in [0.4, 0.5) is 4.39 Å². The molecule has 0 fully saturated rings. The second-order valence-electron chi connectivity index (χ2n) is 4.17. The first-order chi connectivity index (χ1) is 8.67. The van der Waals surface area contributed by atoms with Gasteiger partial charge in [-0.15, -0.1) is 11.6 Å². The molecule has 1 unspecified atom stereocenters. The van der Waals surface area contributed by atoms with E-state index in [-0.39, 0.29) is 11.9 Å². The molecule has 0 spiro atoms. The van der Waals surface area contributed by atoms with Crippen molar-refractivity contribution in [3.8, 4) is 0 Å². The van der Waals surface area contributed by atoms with Crippen LogP contribution in [0.15, 0.2) is 18.2 Å². The highest BCUT2D eigenvalue weighted by Crippen LogP contribution is 2.23. The van der Waals surface area contributed by atoms with Gasteiger partial charge >= 0.3 is 0 Å². The maximum Gasteiger partial charge on any atom is 0.125 e. The van der Waals surface area contributed by atoms with Crippen molar-refractivity contribution in [2.24, 2.45) is 0 Å². The summed E-state index contributed by atoms with van der Waals surface area (Å²) in [6, 6.07) is 4.64. The van der Waals surface area contributed by atoms with Crippen LogP contribution in [0.2, 0.25) is 0 Å². The Morgan fingerprint density at radius 3 is 2.94 bits per heavy atom. The van der Waals surface area contributed by atoms with E-state index in [9.17, 15) is 4.39 Å². The second kappa shape index (κ2) is 5.67. The largest absolute Gasteiger partial charge is 0.380 e. The fourth-order valence-corrected chi connectivity index (χ4v) is 2.25. The Bertz CT molecular complexity index is 541. The van der Waals surface area contributed by atoms with Crippen LogP contribution in [0.5, 0.6) is 0 Å². The highest BCUT2D eigenvalue weighted by molar-refractivity contribution is 6.16. The molecule has 0 aliphatic heterocycles. The zero-order chi connectivity index (χ0) is 13.1. The van der Waals surface area contributed by atoms with E-state index in [4.69, 9.17) is 16.3 Å². The molecule has 3 nitrogen and oxygen atoms in total. The van der Waals surface area contributed by atoms with Crippen LogP contribution < -0.4 is 0 Å². The number of benzene rings is 1. The van der Waals surface area contributed by atoms with E-state index in [1.54, 1.807) is 6.07 Å². The normalized spacial score (nSPS) is 13.1. The van der Waals surface area contributed by atoms with Crippen LogP contribution in [0.1, 0.15) is 25.7 Å². The summed E-state index contributed by atoms with van der Waals surface area (Å²) < 4.78 is 20.7. The Labute approximate surface area is 111 Å². The number of hydrogen-bond donors (Lipinski definition) is 0. The molecule has 0 amide bonds. The molecule has 2 rings (SSSR count). The molecule has 0 aliphatic rings. The molecule has 18 heavy (non-hydrogen) atoms. The van der Waals surface area contributed by atoms with E-state index < -0.39 is 0 Å². The molecule has 0 bridgehead atoms. The van der Waals surface area contributed by atoms with E-state index in [1.807, 2.05) is 18.4 Å². The minimum atomic E-state index is -0.270. The van der Waals surface area contributed by atoms with Crippen molar-refractivity contribution in [1.82, 2.24) is 9.55 Å². The van der Waals surface area contributed by atoms with Gasteiger partial charge < -0.3 is 9.30 Å². The third kappa shape index (κ3) is 2.49. The maximum atomic E-state index is 13.3. The fourth-order valence-electron chi connectivity index (χ4n) is 2.07. The number of alkyl halides is 1. The van der Waals surface area contributed by atoms with Gasteiger partial charge in [-0.05, 0) is 32.0 Å². The number of fused-ring (bicyclic) bond motifs is 1. The number of halogens is 2. The van der Waals surface area contributed by atoms with Gasteiger partial charge in [0.05, 0.1) is 29.6 Å². The van der Waals surface area contributed by atoms with E-state index in [2.05, 4.69) is 4.98 Å². The summed E-state index contributed by atoms with van der Waals surface area (Å²) in [6.45, 7) is 5.17. The van der Waals surface area contributed by atoms with Crippen molar-refractivity contribution in [2.75, 3.05) is 13.2 Å². The zero-order valence-corrected chi connectivity index (χ0v) is 11.2. The lowest BCUT2D eigenvalue weighted by Gasteiger charge is -2.16. The standard InChI is InChI=1S/C13H16ClFN2O/c1-3-18-8-9(2)17-12-6-10(15)4-5-11(12)16-13(17)7-14/h4-6,9H,3,7-8H2,1-2H3. The van der Waals surface area contributed by atoms with Gasteiger partial charge in [-0.1, -0.05) is 0 Å². The van der Waals surface area contributed by atoms with Gasteiger partial charge in [0.1, 0.15) is 11.6 Å². The van der Waals surface area contributed by atoms with Crippen LogP contribution in [-0.4, -0.2) is 22.8 Å². The van der Waals surface area contributed by atoms with Crippen molar-refractivity contribution in [1.29, 1.82) is 0 Å². The first-order valence-corrected chi connectivity index (χ1v) is 6.51. The summed E-state index contributed by atoms with van der Waals surface area (Å²) in [7, 11) is 0. The SMILES string of the molecule is CCOCC(C)n1c(CCl)nc2ccc(F)cc21. The number of ether oxygens (including phenoxy) is 1. The molecule has 2 aromatic rings. The molecule has 0 saturated carbocycles. The van der Waals surface area contributed by atoms with Gasteiger partial charge in [0.25, 0.3) is 0 Å². The Morgan fingerprint density at radius 2 is 2.28 bits per heavy atom. The van der Waals surface area contributed by atoms with Crippen LogP contribution in [0.3, 0.4) is 0 Å². The third-order valence-corrected chi connectivity index (χ3v) is 3.09. The first-order valence-electron chi connectivity index (χ1n) is 5.97.